The summed E-state index contributed by atoms with van der Waals surface area (Å²) in [5, 5.41) is 9.59. The van der Waals surface area contributed by atoms with Gasteiger partial charge in [0.05, 0.1) is 16.9 Å². The van der Waals surface area contributed by atoms with Crippen LogP contribution in [0.3, 0.4) is 0 Å². The molecule has 0 aromatic carbocycles. The molecule has 0 aliphatic heterocycles. The molecule has 4 bridgehead atoms. The van der Waals surface area contributed by atoms with Crippen LogP contribution in [-0.4, -0.2) is 11.6 Å². The third-order valence-electron chi connectivity index (χ3n) is 6.80. The minimum atomic E-state index is -0.412. The Morgan fingerprint density at radius 2 is 1.86 bits per heavy atom. The van der Waals surface area contributed by atoms with Gasteiger partial charge in [0, 0.05) is 11.8 Å². The van der Waals surface area contributed by atoms with Gasteiger partial charge >= 0.3 is 5.97 Å². The van der Waals surface area contributed by atoms with Crippen molar-refractivity contribution in [2.75, 3.05) is 0 Å². The predicted octanol–water partition coefficient (Wildman–Crippen LogP) is 4.07. The highest BCUT2D eigenvalue weighted by Crippen LogP contribution is 2.64. The topological polar surface area (TPSA) is 50.1 Å². The molecule has 4 saturated carbocycles. The zero-order chi connectivity index (χ0) is 15.5. The van der Waals surface area contributed by atoms with Crippen molar-refractivity contribution in [3.8, 4) is 6.07 Å². The first kappa shape index (κ1) is 14.9. The summed E-state index contributed by atoms with van der Waals surface area (Å²) in [6.45, 7) is 8.09. The molecule has 0 saturated heterocycles. The van der Waals surface area contributed by atoms with Gasteiger partial charge in [-0.25, -0.2) is 0 Å². The Bertz CT molecular complexity index is 486. The molecule has 3 nitrogen and oxygen atoms in total. The number of hydrogen-bond acceptors (Lipinski definition) is 3. The summed E-state index contributed by atoms with van der Waals surface area (Å²) < 4.78 is 6.11. The summed E-state index contributed by atoms with van der Waals surface area (Å²) in [5.41, 5.74) is -0.881. The second-order valence-electron chi connectivity index (χ2n) is 8.55. The Labute approximate surface area is 128 Å². The predicted molar refractivity (Wildman–Crippen MR) is 80.2 cm³/mol. The molecule has 0 aromatic heterocycles. The van der Waals surface area contributed by atoms with Gasteiger partial charge in [-0.15, -0.1) is 0 Å². The molecule has 0 N–H and O–H groups in total. The SMILES string of the molecule is CCC(C)(C)C(=O)OC1(C)C2CC3CC1CC(C#N)(C3)C2. The van der Waals surface area contributed by atoms with Crippen LogP contribution < -0.4 is 0 Å². The lowest BCUT2D eigenvalue weighted by molar-refractivity contribution is -0.218. The summed E-state index contributed by atoms with van der Waals surface area (Å²) in [6, 6.07) is 2.60. The lowest BCUT2D eigenvalue weighted by Crippen LogP contribution is -2.61. The second-order valence-corrected chi connectivity index (χ2v) is 8.55. The van der Waals surface area contributed by atoms with Crippen LogP contribution in [0.15, 0.2) is 0 Å². The minimum Gasteiger partial charge on any atom is -0.458 e. The van der Waals surface area contributed by atoms with E-state index in [1.807, 2.05) is 20.8 Å². The van der Waals surface area contributed by atoms with Crippen molar-refractivity contribution in [3.63, 3.8) is 0 Å². The van der Waals surface area contributed by atoms with Gasteiger partial charge in [-0.2, -0.15) is 5.26 Å². The maximum atomic E-state index is 12.6. The summed E-state index contributed by atoms with van der Waals surface area (Å²) in [7, 11) is 0. The van der Waals surface area contributed by atoms with Gasteiger partial charge in [0.15, 0.2) is 0 Å². The second kappa shape index (κ2) is 4.48. The standard InChI is InChI=1S/C18H27NO2/c1-5-16(2,3)15(20)21-17(4)13-6-12-7-14(17)10-18(8-12,9-13)11-19/h12-14H,5-10H2,1-4H3. The Kier molecular flexibility index (Phi) is 3.17. The van der Waals surface area contributed by atoms with Crippen molar-refractivity contribution in [2.45, 2.75) is 71.8 Å². The van der Waals surface area contributed by atoms with Crippen LogP contribution in [0.1, 0.15) is 66.2 Å². The van der Waals surface area contributed by atoms with E-state index in [1.54, 1.807) is 0 Å². The maximum absolute atomic E-state index is 12.6. The Morgan fingerprint density at radius 3 is 2.33 bits per heavy atom. The van der Waals surface area contributed by atoms with Crippen LogP contribution in [0, 0.1) is 39.9 Å². The van der Waals surface area contributed by atoms with Crippen molar-refractivity contribution in [2.24, 2.45) is 28.6 Å². The number of esters is 1. The molecule has 2 atom stereocenters. The quantitative estimate of drug-likeness (QED) is 0.736. The van der Waals surface area contributed by atoms with Gasteiger partial charge < -0.3 is 4.74 Å². The van der Waals surface area contributed by atoms with E-state index in [0.29, 0.717) is 17.8 Å². The number of nitriles is 1. The molecule has 0 amide bonds. The Balaban J connectivity index is 1.84. The smallest absolute Gasteiger partial charge is 0.312 e. The van der Waals surface area contributed by atoms with Crippen molar-refractivity contribution >= 4 is 5.97 Å². The van der Waals surface area contributed by atoms with Crippen LogP contribution in [-0.2, 0) is 9.53 Å². The van der Waals surface area contributed by atoms with E-state index in [4.69, 9.17) is 4.74 Å². The third kappa shape index (κ3) is 2.10. The number of carbonyl (C=O) groups excluding carboxylic acids is 1. The van der Waals surface area contributed by atoms with Crippen molar-refractivity contribution in [1.29, 1.82) is 5.26 Å². The molecule has 0 spiro atoms. The Morgan fingerprint density at radius 1 is 1.29 bits per heavy atom. The zero-order valence-corrected chi connectivity index (χ0v) is 13.7. The first-order chi connectivity index (χ1) is 9.74. The van der Waals surface area contributed by atoms with E-state index in [9.17, 15) is 10.1 Å². The minimum absolute atomic E-state index is 0.0639. The lowest BCUT2D eigenvalue weighted by atomic mass is 9.45. The highest BCUT2D eigenvalue weighted by atomic mass is 16.6. The highest BCUT2D eigenvalue weighted by molar-refractivity contribution is 5.76. The average Bonchev–Trinajstić information content (AvgIpc) is 2.44. The van der Waals surface area contributed by atoms with Gasteiger partial charge in [0.25, 0.3) is 0 Å². The van der Waals surface area contributed by atoms with Gasteiger partial charge in [0.2, 0.25) is 0 Å². The van der Waals surface area contributed by atoms with Crippen molar-refractivity contribution in [1.82, 2.24) is 0 Å². The van der Waals surface area contributed by atoms with Gasteiger partial charge in [-0.05, 0) is 65.2 Å². The molecule has 0 radical (unpaired) electrons. The lowest BCUT2D eigenvalue weighted by Gasteiger charge is -2.61. The van der Waals surface area contributed by atoms with E-state index in [2.05, 4.69) is 13.0 Å². The van der Waals surface area contributed by atoms with Crippen LogP contribution >= 0.6 is 0 Å². The van der Waals surface area contributed by atoms with Crippen molar-refractivity contribution < 1.29 is 9.53 Å². The fourth-order valence-corrected chi connectivity index (χ4v) is 4.97. The Hall–Kier alpha value is -1.04. The molecule has 4 aliphatic rings. The first-order valence-corrected chi connectivity index (χ1v) is 8.39. The molecule has 2 unspecified atom stereocenters. The molecule has 0 heterocycles. The molecule has 21 heavy (non-hydrogen) atoms. The third-order valence-corrected chi connectivity index (χ3v) is 6.80. The number of hydrogen-bond donors (Lipinski definition) is 0. The summed E-state index contributed by atoms with van der Waals surface area (Å²) in [5.74, 6) is 1.36. The van der Waals surface area contributed by atoms with Crippen molar-refractivity contribution in [3.05, 3.63) is 0 Å². The van der Waals surface area contributed by atoms with Crippen LogP contribution in [0.4, 0.5) is 0 Å². The van der Waals surface area contributed by atoms with E-state index in [-0.39, 0.29) is 17.0 Å². The molecule has 4 aliphatic carbocycles. The molecule has 116 valence electrons. The number of nitrogens with zero attached hydrogens (tertiary/aromatic N) is 1. The van der Waals surface area contributed by atoms with Crippen LogP contribution in [0.5, 0.6) is 0 Å². The monoisotopic (exact) mass is 289 g/mol. The van der Waals surface area contributed by atoms with Crippen LogP contribution in [0.2, 0.25) is 0 Å². The molecule has 0 aromatic rings. The molecule has 3 heteroatoms. The normalized spacial score (nSPS) is 44.4. The fourth-order valence-electron chi connectivity index (χ4n) is 4.97. The highest BCUT2D eigenvalue weighted by Gasteiger charge is 2.62. The number of carbonyl (C=O) groups is 1. The molecule has 4 fully saturated rings. The maximum Gasteiger partial charge on any atom is 0.312 e. The van der Waals surface area contributed by atoms with E-state index in [1.165, 1.54) is 0 Å². The number of ether oxygens (including phenoxy) is 1. The number of rotatable bonds is 3. The summed E-state index contributed by atoms with van der Waals surface area (Å²) >= 11 is 0. The van der Waals surface area contributed by atoms with Gasteiger partial charge in [-0.1, -0.05) is 6.92 Å². The van der Waals surface area contributed by atoms with Gasteiger partial charge in [-0.3, -0.25) is 4.79 Å². The van der Waals surface area contributed by atoms with E-state index >= 15 is 0 Å². The molecule has 4 rings (SSSR count). The van der Waals surface area contributed by atoms with Crippen LogP contribution in [0.25, 0.3) is 0 Å². The fraction of sp³-hybridized carbons (Fsp3) is 0.889. The zero-order valence-electron chi connectivity index (χ0n) is 13.7. The van der Waals surface area contributed by atoms with Gasteiger partial charge in [0.1, 0.15) is 5.60 Å². The first-order valence-electron chi connectivity index (χ1n) is 8.39. The molecular formula is C18H27NO2. The average molecular weight is 289 g/mol. The van der Waals surface area contributed by atoms with E-state index < -0.39 is 5.41 Å². The summed E-state index contributed by atoms with van der Waals surface area (Å²) in [6.07, 6.45) is 5.98. The molecular weight excluding hydrogens is 262 g/mol. The largest absolute Gasteiger partial charge is 0.458 e. The van der Waals surface area contributed by atoms with E-state index in [0.717, 1.165) is 38.5 Å². The summed E-state index contributed by atoms with van der Waals surface area (Å²) in [4.78, 5) is 12.6.